The largest absolute Gasteiger partial charge is 0.507 e. The number of fused-ring (bicyclic) bond motifs is 1. The number of nitrogens with zero attached hydrogens (tertiary/aromatic N) is 3. The van der Waals surface area contributed by atoms with Gasteiger partial charge in [-0.15, -0.1) is 0 Å². The predicted molar refractivity (Wildman–Crippen MR) is 106 cm³/mol. The van der Waals surface area contributed by atoms with Crippen LogP contribution in [0.5, 0.6) is 5.75 Å². The van der Waals surface area contributed by atoms with Gasteiger partial charge in [0.25, 0.3) is 0 Å². The maximum Gasteiger partial charge on any atom is 0.128 e. The standard InChI is InChI=1S/C21H22ClN3O/c1-24-10-12-25(13-11-24)20(19-8-4-5-9-23-19)17-14-18(22)15-6-2-3-7-16(15)21(17)26/h2-9,14,20,26H,10-13H2,1H3. The van der Waals surface area contributed by atoms with Crippen molar-refractivity contribution in [2.24, 2.45) is 0 Å². The quantitative estimate of drug-likeness (QED) is 0.761. The summed E-state index contributed by atoms with van der Waals surface area (Å²) in [5.74, 6) is 0.291. The van der Waals surface area contributed by atoms with Crippen LogP contribution < -0.4 is 0 Å². The second-order valence-electron chi connectivity index (χ2n) is 6.84. The number of likely N-dealkylation sites (N-methyl/N-ethyl adjacent to an activating group) is 1. The number of rotatable bonds is 3. The lowest BCUT2D eigenvalue weighted by atomic mass is 9.95. The van der Waals surface area contributed by atoms with Crippen LogP contribution in [0, 0.1) is 0 Å². The molecule has 1 N–H and O–H groups in total. The van der Waals surface area contributed by atoms with Crippen molar-refractivity contribution < 1.29 is 5.11 Å². The molecule has 3 aromatic rings. The third-order valence-corrected chi connectivity index (χ3v) is 5.47. The summed E-state index contributed by atoms with van der Waals surface area (Å²) >= 11 is 6.57. The Bertz CT molecular complexity index is 908. The molecule has 0 radical (unpaired) electrons. The number of halogens is 1. The van der Waals surface area contributed by atoms with Gasteiger partial charge in [0.2, 0.25) is 0 Å². The van der Waals surface area contributed by atoms with Crippen molar-refractivity contribution in [2.75, 3.05) is 33.2 Å². The highest BCUT2D eigenvalue weighted by Crippen LogP contribution is 2.41. The summed E-state index contributed by atoms with van der Waals surface area (Å²) in [6.45, 7) is 3.82. The highest BCUT2D eigenvalue weighted by Gasteiger charge is 2.29. The topological polar surface area (TPSA) is 39.6 Å². The minimum atomic E-state index is -0.119. The van der Waals surface area contributed by atoms with E-state index in [2.05, 4.69) is 21.8 Å². The van der Waals surface area contributed by atoms with Crippen molar-refractivity contribution in [3.05, 3.63) is 71.0 Å². The van der Waals surface area contributed by atoms with E-state index < -0.39 is 0 Å². The fourth-order valence-electron chi connectivity index (χ4n) is 3.71. The monoisotopic (exact) mass is 367 g/mol. The van der Waals surface area contributed by atoms with E-state index in [0.29, 0.717) is 10.8 Å². The van der Waals surface area contributed by atoms with Gasteiger partial charge in [0, 0.05) is 53.7 Å². The van der Waals surface area contributed by atoms with Crippen LogP contribution in [-0.4, -0.2) is 53.1 Å². The highest BCUT2D eigenvalue weighted by atomic mass is 35.5. The Kier molecular flexibility index (Phi) is 4.81. The zero-order valence-corrected chi connectivity index (χ0v) is 15.5. The first-order chi connectivity index (χ1) is 12.6. The highest BCUT2D eigenvalue weighted by molar-refractivity contribution is 6.36. The molecule has 26 heavy (non-hydrogen) atoms. The Labute approximate surface area is 158 Å². The summed E-state index contributed by atoms with van der Waals surface area (Å²) in [6.07, 6.45) is 1.80. The molecule has 1 fully saturated rings. The number of hydrogen-bond donors (Lipinski definition) is 1. The number of phenolic OH excluding ortho intramolecular Hbond substituents is 1. The molecule has 1 unspecified atom stereocenters. The maximum atomic E-state index is 11.1. The minimum Gasteiger partial charge on any atom is -0.507 e. The van der Waals surface area contributed by atoms with Crippen molar-refractivity contribution in [1.82, 2.24) is 14.8 Å². The number of phenols is 1. The fraction of sp³-hybridized carbons (Fsp3) is 0.286. The smallest absolute Gasteiger partial charge is 0.128 e. The van der Waals surface area contributed by atoms with Crippen molar-refractivity contribution in [3.8, 4) is 5.75 Å². The van der Waals surface area contributed by atoms with Gasteiger partial charge in [-0.3, -0.25) is 9.88 Å². The molecule has 5 heteroatoms. The fourth-order valence-corrected chi connectivity index (χ4v) is 3.99. The van der Waals surface area contributed by atoms with Gasteiger partial charge in [0.15, 0.2) is 0 Å². The van der Waals surface area contributed by atoms with Crippen molar-refractivity contribution >= 4 is 22.4 Å². The average molecular weight is 368 g/mol. The second kappa shape index (κ2) is 7.23. The summed E-state index contributed by atoms with van der Waals surface area (Å²) in [5.41, 5.74) is 1.75. The Hall–Kier alpha value is -2.14. The first kappa shape index (κ1) is 17.3. The Balaban J connectivity index is 1.87. The zero-order chi connectivity index (χ0) is 18.1. The molecule has 1 saturated heterocycles. The van der Waals surface area contributed by atoms with Gasteiger partial charge in [-0.1, -0.05) is 41.9 Å². The Morgan fingerprint density at radius 2 is 1.69 bits per heavy atom. The van der Waals surface area contributed by atoms with Crippen molar-refractivity contribution in [3.63, 3.8) is 0 Å². The van der Waals surface area contributed by atoms with Gasteiger partial charge in [-0.2, -0.15) is 0 Å². The van der Waals surface area contributed by atoms with Gasteiger partial charge < -0.3 is 10.0 Å². The van der Waals surface area contributed by atoms with Crippen LogP contribution in [-0.2, 0) is 0 Å². The molecule has 2 heterocycles. The van der Waals surface area contributed by atoms with E-state index in [-0.39, 0.29) is 6.04 Å². The summed E-state index contributed by atoms with van der Waals surface area (Å²) in [6, 6.07) is 15.4. The molecule has 0 amide bonds. The lowest BCUT2D eigenvalue weighted by molar-refractivity contribution is 0.124. The van der Waals surface area contributed by atoms with Crippen LogP contribution in [0.1, 0.15) is 17.3 Å². The summed E-state index contributed by atoms with van der Waals surface area (Å²) in [5, 5.41) is 13.4. The van der Waals surface area contributed by atoms with Crippen LogP contribution in [0.3, 0.4) is 0 Å². The lowest BCUT2D eigenvalue weighted by Crippen LogP contribution is -2.46. The summed E-state index contributed by atoms with van der Waals surface area (Å²) < 4.78 is 0. The van der Waals surface area contributed by atoms with E-state index in [1.165, 1.54) is 0 Å². The van der Waals surface area contributed by atoms with E-state index in [1.807, 2.05) is 48.5 Å². The van der Waals surface area contributed by atoms with Crippen LogP contribution in [0.15, 0.2) is 54.7 Å². The first-order valence-electron chi connectivity index (χ1n) is 8.89. The van der Waals surface area contributed by atoms with E-state index in [9.17, 15) is 5.11 Å². The normalized spacial score (nSPS) is 17.5. The molecular formula is C21H22ClN3O. The van der Waals surface area contributed by atoms with Crippen LogP contribution >= 0.6 is 11.6 Å². The number of aromatic nitrogens is 1. The first-order valence-corrected chi connectivity index (χ1v) is 9.26. The Morgan fingerprint density at radius 1 is 1.00 bits per heavy atom. The summed E-state index contributed by atoms with van der Waals surface area (Å²) in [4.78, 5) is 9.29. The molecule has 0 spiro atoms. The van der Waals surface area contributed by atoms with Crippen LogP contribution in [0.25, 0.3) is 10.8 Å². The van der Waals surface area contributed by atoms with E-state index in [0.717, 1.165) is 48.2 Å². The molecule has 1 atom stereocenters. The van der Waals surface area contributed by atoms with Gasteiger partial charge in [-0.25, -0.2) is 0 Å². The average Bonchev–Trinajstić information content (AvgIpc) is 2.68. The van der Waals surface area contributed by atoms with Gasteiger partial charge in [-0.05, 0) is 25.2 Å². The molecule has 0 aliphatic carbocycles. The SMILES string of the molecule is CN1CCN(C(c2ccccn2)c2cc(Cl)c3ccccc3c2O)CC1. The van der Waals surface area contributed by atoms with Gasteiger partial charge >= 0.3 is 0 Å². The van der Waals surface area contributed by atoms with Crippen LogP contribution in [0.2, 0.25) is 5.02 Å². The third-order valence-electron chi connectivity index (χ3n) is 5.16. The van der Waals surface area contributed by atoms with E-state index in [4.69, 9.17) is 11.6 Å². The molecule has 4 rings (SSSR count). The predicted octanol–water partition coefficient (Wildman–Crippen LogP) is 3.93. The van der Waals surface area contributed by atoms with E-state index >= 15 is 0 Å². The molecule has 0 bridgehead atoms. The van der Waals surface area contributed by atoms with Crippen LogP contribution in [0.4, 0.5) is 0 Å². The van der Waals surface area contributed by atoms with Crippen molar-refractivity contribution in [1.29, 1.82) is 0 Å². The number of pyridine rings is 1. The molecular weight excluding hydrogens is 346 g/mol. The Morgan fingerprint density at radius 3 is 2.38 bits per heavy atom. The number of piperazine rings is 1. The van der Waals surface area contributed by atoms with E-state index in [1.54, 1.807) is 6.20 Å². The summed E-state index contributed by atoms with van der Waals surface area (Å²) in [7, 11) is 2.14. The maximum absolute atomic E-state index is 11.1. The molecule has 134 valence electrons. The molecule has 1 aliphatic rings. The number of benzene rings is 2. The number of hydrogen-bond acceptors (Lipinski definition) is 4. The zero-order valence-electron chi connectivity index (χ0n) is 14.8. The van der Waals surface area contributed by atoms with Gasteiger partial charge in [0.05, 0.1) is 11.7 Å². The molecule has 4 nitrogen and oxygen atoms in total. The molecule has 1 aliphatic heterocycles. The molecule has 2 aromatic carbocycles. The minimum absolute atomic E-state index is 0.119. The molecule has 1 aromatic heterocycles. The second-order valence-corrected chi connectivity index (χ2v) is 7.25. The number of aromatic hydroxyl groups is 1. The lowest BCUT2D eigenvalue weighted by Gasteiger charge is -2.38. The third kappa shape index (κ3) is 3.16. The van der Waals surface area contributed by atoms with Gasteiger partial charge in [0.1, 0.15) is 5.75 Å². The van der Waals surface area contributed by atoms with Crippen molar-refractivity contribution in [2.45, 2.75) is 6.04 Å². The molecule has 0 saturated carbocycles.